The van der Waals surface area contributed by atoms with Crippen molar-refractivity contribution in [1.82, 2.24) is 9.80 Å². The molecule has 1 heterocycles. The lowest BCUT2D eigenvalue weighted by Crippen LogP contribution is -2.64. The fourth-order valence-corrected chi connectivity index (χ4v) is 2.40. The topological polar surface area (TPSA) is 70.1 Å². The SMILES string of the molecule is CC(C)C1CN(C)C[C@H](C(=O)O)N1C(=O)OC(C)(C)C. The number of nitrogens with zero attached hydrogens (tertiary/aromatic N) is 2. The summed E-state index contributed by atoms with van der Waals surface area (Å²) in [6.07, 6.45) is -0.545. The number of carbonyl (C=O) groups is 2. The molecule has 1 fully saturated rings. The van der Waals surface area contributed by atoms with Crippen molar-refractivity contribution < 1.29 is 19.4 Å². The van der Waals surface area contributed by atoms with Crippen molar-refractivity contribution in [2.24, 2.45) is 5.92 Å². The van der Waals surface area contributed by atoms with Crippen molar-refractivity contribution in [3.63, 3.8) is 0 Å². The summed E-state index contributed by atoms with van der Waals surface area (Å²) in [6.45, 7) is 10.3. The maximum atomic E-state index is 12.4. The average Bonchev–Trinajstić information content (AvgIpc) is 2.24. The van der Waals surface area contributed by atoms with Crippen LogP contribution in [0.5, 0.6) is 0 Å². The minimum Gasteiger partial charge on any atom is -0.480 e. The van der Waals surface area contributed by atoms with Crippen LogP contribution in [0.15, 0.2) is 0 Å². The van der Waals surface area contributed by atoms with Crippen molar-refractivity contribution in [1.29, 1.82) is 0 Å². The first-order valence-electron chi connectivity index (χ1n) is 6.95. The van der Waals surface area contributed by atoms with Crippen LogP contribution < -0.4 is 0 Å². The van der Waals surface area contributed by atoms with Gasteiger partial charge in [-0.25, -0.2) is 9.59 Å². The van der Waals surface area contributed by atoms with Crippen LogP contribution in [0.25, 0.3) is 0 Å². The second kappa shape index (κ2) is 5.99. The van der Waals surface area contributed by atoms with Gasteiger partial charge >= 0.3 is 12.1 Å². The number of carboxylic acids is 1. The number of aliphatic carboxylic acids is 1. The van der Waals surface area contributed by atoms with Gasteiger partial charge in [0, 0.05) is 13.1 Å². The molecule has 2 atom stereocenters. The van der Waals surface area contributed by atoms with Gasteiger partial charge in [-0.05, 0) is 33.7 Å². The fourth-order valence-electron chi connectivity index (χ4n) is 2.40. The van der Waals surface area contributed by atoms with E-state index in [0.717, 1.165) is 0 Å². The Bertz CT molecular complexity index is 376. The first-order chi connectivity index (χ1) is 9.03. The Morgan fingerprint density at radius 3 is 2.20 bits per heavy atom. The van der Waals surface area contributed by atoms with E-state index in [2.05, 4.69) is 0 Å². The van der Waals surface area contributed by atoms with Gasteiger partial charge in [0.1, 0.15) is 11.6 Å². The molecule has 6 heteroatoms. The molecule has 1 aliphatic heterocycles. The molecule has 1 saturated heterocycles. The number of carbonyl (C=O) groups excluding carboxylic acids is 1. The third-order valence-electron chi connectivity index (χ3n) is 3.34. The summed E-state index contributed by atoms with van der Waals surface area (Å²) in [4.78, 5) is 27.2. The van der Waals surface area contributed by atoms with Crippen LogP contribution in [0.3, 0.4) is 0 Å². The number of hydrogen-bond acceptors (Lipinski definition) is 4. The highest BCUT2D eigenvalue weighted by Gasteiger charge is 2.43. The van der Waals surface area contributed by atoms with Gasteiger partial charge in [-0.3, -0.25) is 4.90 Å². The highest BCUT2D eigenvalue weighted by molar-refractivity contribution is 5.81. The van der Waals surface area contributed by atoms with Crippen LogP contribution in [-0.2, 0) is 9.53 Å². The van der Waals surface area contributed by atoms with Gasteiger partial charge in [0.05, 0.1) is 6.04 Å². The fraction of sp³-hybridized carbons (Fsp3) is 0.857. The quantitative estimate of drug-likeness (QED) is 0.835. The molecular formula is C14H26N2O4. The van der Waals surface area contributed by atoms with E-state index in [1.54, 1.807) is 20.8 Å². The van der Waals surface area contributed by atoms with Crippen LogP contribution in [0, 0.1) is 5.92 Å². The molecular weight excluding hydrogens is 260 g/mol. The molecule has 0 radical (unpaired) electrons. The largest absolute Gasteiger partial charge is 0.480 e. The number of carboxylic acid groups (broad SMARTS) is 1. The molecule has 1 rings (SSSR count). The zero-order chi connectivity index (χ0) is 15.7. The molecule has 20 heavy (non-hydrogen) atoms. The molecule has 1 N–H and O–H groups in total. The van der Waals surface area contributed by atoms with Crippen molar-refractivity contribution in [3.05, 3.63) is 0 Å². The smallest absolute Gasteiger partial charge is 0.411 e. The average molecular weight is 286 g/mol. The Balaban J connectivity index is 3.04. The standard InChI is InChI=1S/C14H26N2O4/c1-9(2)10-7-15(6)8-11(12(17)18)16(10)13(19)20-14(3,4)5/h9-11H,7-8H2,1-6H3,(H,17,18)/t10?,11-/m1/s1. The van der Waals surface area contributed by atoms with Gasteiger partial charge < -0.3 is 14.7 Å². The van der Waals surface area contributed by atoms with Gasteiger partial charge in [0.15, 0.2) is 0 Å². The maximum absolute atomic E-state index is 12.4. The third-order valence-corrected chi connectivity index (χ3v) is 3.34. The van der Waals surface area contributed by atoms with Crippen molar-refractivity contribution in [3.8, 4) is 0 Å². The van der Waals surface area contributed by atoms with Crippen LogP contribution in [0.4, 0.5) is 4.79 Å². The molecule has 0 bridgehead atoms. The maximum Gasteiger partial charge on any atom is 0.411 e. The van der Waals surface area contributed by atoms with Gasteiger partial charge in [0.25, 0.3) is 0 Å². The minimum absolute atomic E-state index is 0.159. The lowest BCUT2D eigenvalue weighted by atomic mass is 9.97. The summed E-state index contributed by atoms with van der Waals surface area (Å²) in [5.41, 5.74) is -0.634. The highest BCUT2D eigenvalue weighted by Crippen LogP contribution is 2.24. The Hall–Kier alpha value is -1.30. The van der Waals surface area contributed by atoms with Gasteiger partial charge in [0.2, 0.25) is 0 Å². The molecule has 1 unspecified atom stereocenters. The first-order valence-corrected chi connectivity index (χ1v) is 6.95. The summed E-state index contributed by atoms with van der Waals surface area (Å²) in [7, 11) is 1.87. The van der Waals surface area contributed by atoms with E-state index in [4.69, 9.17) is 4.74 Å². The Morgan fingerprint density at radius 2 is 1.80 bits per heavy atom. The Morgan fingerprint density at radius 1 is 1.25 bits per heavy atom. The normalized spacial score (nSPS) is 24.9. The van der Waals surface area contributed by atoms with E-state index in [0.29, 0.717) is 13.1 Å². The molecule has 6 nitrogen and oxygen atoms in total. The zero-order valence-electron chi connectivity index (χ0n) is 13.2. The number of amides is 1. The van der Waals surface area contributed by atoms with Crippen molar-refractivity contribution >= 4 is 12.1 Å². The van der Waals surface area contributed by atoms with Crippen LogP contribution >= 0.6 is 0 Å². The number of likely N-dealkylation sites (N-methyl/N-ethyl adjacent to an activating group) is 1. The van der Waals surface area contributed by atoms with Gasteiger partial charge in [-0.2, -0.15) is 0 Å². The summed E-state index contributed by atoms with van der Waals surface area (Å²) in [5.74, 6) is -0.833. The number of hydrogen-bond donors (Lipinski definition) is 1. The van der Waals surface area contributed by atoms with Crippen molar-refractivity contribution in [2.45, 2.75) is 52.3 Å². The van der Waals surface area contributed by atoms with Crippen LogP contribution in [0.1, 0.15) is 34.6 Å². The van der Waals surface area contributed by atoms with E-state index < -0.39 is 23.7 Å². The molecule has 1 amide bonds. The molecule has 116 valence electrons. The number of piperazine rings is 1. The van der Waals surface area contributed by atoms with Crippen molar-refractivity contribution in [2.75, 3.05) is 20.1 Å². The molecule has 0 aliphatic carbocycles. The van der Waals surface area contributed by atoms with Crippen LogP contribution in [-0.4, -0.2) is 64.8 Å². The number of rotatable bonds is 2. The molecule has 0 aromatic rings. The van der Waals surface area contributed by atoms with E-state index in [-0.39, 0.29) is 12.0 Å². The van der Waals surface area contributed by atoms with E-state index >= 15 is 0 Å². The Labute approximate surface area is 120 Å². The zero-order valence-corrected chi connectivity index (χ0v) is 13.2. The lowest BCUT2D eigenvalue weighted by molar-refractivity contribution is -0.147. The Kier molecular flexibility index (Phi) is 5.02. The second-order valence-corrected chi connectivity index (χ2v) is 6.77. The second-order valence-electron chi connectivity index (χ2n) is 6.77. The summed E-state index contributed by atoms with van der Waals surface area (Å²) in [5, 5.41) is 9.40. The first kappa shape index (κ1) is 16.8. The highest BCUT2D eigenvalue weighted by atomic mass is 16.6. The predicted molar refractivity (Wildman–Crippen MR) is 75.6 cm³/mol. The van der Waals surface area contributed by atoms with E-state index in [1.165, 1.54) is 4.90 Å². The minimum atomic E-state index is -0.993. The van der Waals surface area contributed by atoms with Crippen LogP contribution in [0.2, 0.25) is 0 Å². The molecule has 0 saturated carbocycles. The van der Waals surface area contributed by atoms with Gasteiger partial charge in [-0.1, -0.05) is 13.8 Å². The lowest BCUT2D eigenvalue weighted by Gasteiger charge is -2.45. The summed E-state index contributed by atoms with van der Waals surface area (Å²) < 4.78 is 5.38. The third kappa shape index (κ3) is 4.10. The molecule has 1 aliphatic rings. The summed E-state index contributed by atoms with van der Waals surface area (Å²) >= 11 is 0. The number of ether oxygens (including phenoxy) is 1. The molecule has 0 aromatic heterocycles. The van der Waals surface area contributed by atoms with E-state index in [9.17, 15) is 14.7 Å². The van der Waals surface area contributed by atoms with Gasteiger partial charge in [-0.15, -0.1) is 0 Å². The monoisotopic (exact) mass is 286 g/mol. The molecule has 0 aromatic carbocycles. The summed E-state index contributed by atoms with van der Waals surface area (Å²) in [6, 6.07) is -1.03. The molecule has 0 spiro atoms. The van der Waals surface area contributed by atoms with E-state index in [1.807, 2.05) is 25.8 Å². The predicted octanol–water partition coefficient (Wildman–Crippen LogP) is 1.65.